The van der Waals surface area contributed by atoms with Crippen molar-refractivity contribution in [2.24, 2.45) is 0 Å². The normalized spacial score (nSPS) is 13.6. The van der Waals surface area contributed by atoms with E-state index in [4.69, 9.17) is 5.11 Å². The summed E-state index contributed by atoms with van der Waals surface area (Å²) in [6.07, 6.45) is 1.79. The highest BCUT2D eigenvalue weighted by Gasteiger charge is 2.09. The van der Waals surface area contributed by atoms with Gasteiger partial charge in [0.2, 0.25) is 0 Å². The molecular weight excluding hydrogens is 202 g/mol. The van der Waals surface area contributed by atoms with Crippen molar-refractivity contribution in [3.63, 3.8) is 0 Å². The van der Waals surface area contributed by atoms with Gasteiger partial charge < -0.3 is 5.11 Å². The lowest BCUT2D eigenvalue weighted by Crippen LogP contribution is -2.31. The second kappa shape index (κ2) is 7.83. The lowest BCUT2D eigenvalue weighted by atomic mass is 10.2. The van der Waals surface area contributed by atoms with Crippen LogP contribution in [0.1, 0.15) is 27.7 Å². The molecule has 0 aliphatic carbocycles. The van der Waals surface area contributed by atoms with Crippen molar-refractivity contribution < 1.29 is 9.90 Å². The molecule has 0 aromatic carbocycles. The number of carboxylic acid groups (broad SMARTS) is 1. The SMILES string of the molecule is CCN(CC)C(C)C=C(C)C(=O)O.Cl. The molecule has 4 heteroatoms. The second-order valence-corrected chi connectivity index (χ2v) is 3.12. The van der Waals surface area contributed by atoms with Crippen molar-refractivity contribution >= 4 is 18.4 Å². The Labute approximate surface area is 92.2 Å². The summed E-state index contributed by atoms with van der Waals surface area (Å²) >= 11 is 0. The molecule has 0 aromatic heterocycles. The van der Waals surface area contributed by atoms with E-state index in [1.54, 1.807) is 13.0 Å². The average molecular weight is 222 g/mol. The van der Waals surface area contributed by atoms with Crippen molar-refractivity contribution in [2.75, 3.05) is 13.1 Å². The molecule has 0 heterocycles. The number of likely N-dealkylation sites (N-methyl/N-ethyl adjacent to an activating group) is 1. The van der Waals surface area contributed by atoms with Crippen molar-refractivity contribution in [3.8, 4) is 0 Å². The molecule has 0 spiro atoms. The van der Waals surface area contributed by atoms with Gasteiger partial charge in [-0.15, -0.1) is 12.4 Å². The minimum Gasteiger partial charge on any atom is -0.478 e. The third-order valence-corrected chi connectivity index (χ3v) is 2.22. The minimum absolute atomic E-state index is 0. The predicted octanol–water partition coefficient (Wildman–Crippen LogP) is 2.17. The Balaban J connectivity index is 0. The smallest absolute Gasteiger partial charge is 0.331 e. The summed E-state index contributed by atoms with van der Waals surface area (Å²) in [6.45, 7) is 9.68. The van der Waals surface area contributed by atoms with Gasteiger partial charge in [-0.3, -0.25) is 4.90 Å². The maximum Gasteiger partial charge on any atom is 0.331 e. The van der Waals surface area contributed by atoms with E-state index in [2.05, 4.69) is 18.7 Å². The summed E-state index contributed by atoms with van der Waals surface area (Å²) in [7, 11) is 0. The van der Waals surface area contributed by atoms with Crippen LogP contribution in [0.5, 0.6) is 0 Å². The van der Waals surface area contributed by atoms with Gasteiger partial charge in [-0.05, 0) is 26.9 Å². The Morgan fingerprint density at radius 1 is 1.43 bits per heavy atom. The summed E-state index contributed by atoms with van der Waals surface area (Å²) in [5, 5.41) is 8.67. The molecule has 0 aliphatic heterocycles. The molecule has 1 atom stereocenters. The molecule has 0 aliphatic rings. The Morgan fingerprint density at radius 2 is 1.86 bits per heavy atom. The van der Waals surface area contributed by atoms with E-state index in [1.807, 2.05) is 6.92 Å². The second-order valence-electron chi connectivity index (χ2n) is 3.12. The summed E-state index contributed by atoms with van der Waals surface area (Å²) in [4.78, 5) is 12.7. The number of rotatable bonds is 5. The maximum atomic E-state index is 10.5. The maximum absolute atomic E-state index is 10.5. The van der Waals surface area contributed by atoms with Crippen LogP contribution in [0.15, 0.2) is 11.6 Å². The van der Waals surface area contributed by atoms with Crippen molar-refractivity contribution in [1.29, 1.82) is 0 Å². The molecule has 0 saturated heterocycles. The Morgan fingerprint density at radius 3 is 2.14 bits per heavy atom. The Bertz CT molecular complexity index is 200. The molecule has 0 rings (SSSR count). The first-order valence-electron chi connectivity index (χ1n) is 4.68. The van der Waals surface area contributed by atoms with Crippen molar-refractivity contribution in [2.45, 2.75) is 33.7 Å². The molecule has 0 radical (unpaired) electrons. The van der Waals surface area contributed by atoms with Gasteiger partial charge in [-0.2, -0.15) is 0 Å². The average Bonchev–Trinajstić information content (AvgIpc) is 2.06. The minimum atomic E-state index is -0.834. The molecule has 0 bridgehead atoms. The van der Waals surface area contributed by atoms with Crippen LogP contribution in [0.3, 0.4) is 0 Å². The highest BCUT2D eigenvalue weighted by atomic mass is 35.5. The van der Waals surface area contributed by atoms with Gasteiger partial charge in [0.05, 0.1) is 0 Å². The van der Waals surface area contributed by atoms with E-state index in [1.165, 1.54) is 0 Å². The van der Waals surface area contributed by atoms with Gasteiger partial charge in [0.1, 0.15) is 0 Å². The number of nitrogens with zero attached hydrogens (tertiary/aromatic N) is 1. The monoisotopic (exact) mass is 221 g/mol. The molecular formula is C10H20ClNO2. The highest BCUT2D eigenvalue weighted by Crippen LogP contribution is 2.03. The molecule has 1 N–H and O–H groups in total. The number of hydrogen-bond acceptors (Lipinski definition) is 2. The Hall–Kier alpha value is -0.540. The first-order valence-corrected chi connectivity index (χ1v) is 4.68. The van der Waals surface area contributed by atoms with Crippen molar-refractivity contribution in [3.05, 3.63) is 11.6 Å². The molecule has 0 amide bonds. The van der Waals surface area contributed by atoms with Crippen LogP contribution < -0.4 is 0 Å². The first-order chi connectivity index (χ1) is 6.02. The lowest BCUT2D eigenvalue weighted by Gasteiger charge is -2.23. The predicted molar refractivity (Wildman–Crippen MR) is 61.0 cm³/mol. The fourth-order valence-corrected chi connectivity index (χ4v) is 1.34. The van der Waals surface area contributed by atoms with Crippen molar-refractivity contribution in [1.82, 2.24) is 4.90 Å². The molecule has 0 fully saturated rings. The number of aliphatic carboxylic acids is 1. The number of halogens is 1. The topological polar surface area (TPSA) is 40.5 Å². The van der Waals surface area contributed by atoms with E-state index in [9.17, 15) is 4.79 Å². The standard InChI is InChI=1S/C10H19NO2.ClH/c1-5-11(6-2)9(4)7-8(3)10(12)13;/h7,9H,5-6H2,1-4H3,(H,12,13);1H. The zero-order valence-electron chi connectivity index (χ0n) is 9.28. The van der Waals surface area contributed by atoms with Gasteiger partial charge >= 0.3 is 5.97 Å². The van der Waals surface area contributed by atoms with Gasteiger partial charge in [0.25, 0.3) is 0 Å². The van der Waals surface area contributed by atoms with Crippen LogP contribution in [-0.2, 0) is 4.79 Å². The van der Waals surface area contributed by atoms with E-state index < -0.39 is 5.97 Å². The lowest BCUT2D eigenvalue weighted by molar-refractivity contribution is -0.132. The van der Waals surface area contributed by atoms with Gasteiger partial charge in [-0.1, -0.05) is 19.9 Å². The van der Waals surface area contributed by atoms with Gasteiger partial charge in [-0.25, -0.2) is 4.79 Å². The van der Waals surface area contributed by atoms with Crippen LogP contribution in [0.2, 0.25) is 0 Å². The highest BCUT2D eigenvalue weighted by molar-refractivity contribution is 5.86. The number of carboxylic acids is 1. The zero-order valence-corrected chi connectivity index (χ0v) is 10.1. The third kappa shape index (κ3) is 5.25. The van der Waals surface area contributed by atoms with Gasteiger partial charge in [0.15, 0.2) is 0 Å². The quantitative estimate of drug-likeness (QED) is 0.724. The van der Waals surface area contributed by atoms with E-state index in [0.717, 1.165) is 13.1 Å². The summed E-state index contributed by atoms with van der Waals surface area (Å²) in [5.41, 5.74) is 0.416. The summed E-state index contributed by atoms with van der Waals surface area (Å²) in [5.74, 6) is -0.834. The van der Waals surface area contributed by atoms with E-state index in [0.29, 0.717) is 5.57 Å². The largest absolute Gasteiger partial charge is 0.478 e. The van der Waals surface area contributed by atoms with Crippen LogP contribution in [0.4, 0.5) is 0 Å². The molecule has 3 nitrogen and oxygen atoms in total. The zero-order chi connectivity index (χ0) is 10.4. The summed E-state index contributed by atoms with van der Waals surface area (Å²) < 4.78 is 0. The molecule has 0 saturated carbocycles. The van der Waals surface area contributed by atoms with E-state index >= 15 is 0 Å². The molecule has 0 aromatic rings. The van der Waals surface area contributed by atoms with Crippen LogP contribution in [-0.4, -0.2) is 35.1 Å². The molecule has 1 unspecified atom stereocenters. The third-order valence-electron chi connectivity index (χ3n) is 2.22. The van der Waals surface area contributed by atoms with E-state index in [-0.39, 0.29) is 18.4 Å². The fourth-order valence-electron chi connectivity index (χ4n) is 1.34. The summed E-state index contributed by atoms with van der Waals surface area (Å²) in [6, 6.07) is 0.200. The molecule has 14 heavy (non-hydrogen) atoms. The van der Waals surface area contributed by atoms with Crippen LogP contribution in [0.25, 0.3) is 0 Å². The van der Waals surface area contributed by atoms with Gasteiger partial charge in [0, 0.05) is 11.6 Å². The van der Waals surface area contributed by atoms with Crippen LogP contribution >= 0.6 is 12.4 Å². The number of hydrogen-bond donors (Lipinski definition) is 1. The Kier molecular flexibility index (Phi) is 8.89. The molecule has 84 valence electrons. The first kappa shape index (κ1) is 15.9. The van der Waals surface area contributed by atoms with Crippen LogP contribution in [0, 0.1) is 0 Å². The number of carbonyl (C=O) groups is 1. The fraction of sp³-hybridized carbons (Fsp3) is 0.700.